The smallest absolute Gasteiger partial charge is 0.130 e. The summed E-state index contributed by atoms with van der Waals surface area (Å²) in [6.45, 7) is 8.01. The van der Waals surface area contributed by atoms with Crippen molar-refractivity contribution in [3.8, 4) is 0 Å². The van der Waals surface area contributed by atoms with Crippen LogP contribution in [-0.4, -0.2) is 41.2 Å². The number of pyridine rings is 1. The highest BCUT2D eigenvalue weighted by Gasteiger charge is 2.08. The Morgan fingerprint density at radius 3 is 2.78 bits per heavy atom. The maximum Gasteiger partial charge on any atom is 0.130 e. The van der Waals surface area contributed by atoms with Crippen molar-refractivity contribution < 1.29 is 5.11 Å². The quantitative estimate of drug-likeness (QED) is 0.705. The molecule has 0 saturated carbocycles. The van der Waals surface area contributed by atoms with Crippen molar-refractivity contribution in [3.05, 3.63) is 23.9 Å². The summed E-state index contributed by atoms with van der Waals surface area (Å²) in [5, 5.41) is 12.4. The third kappa shape index (κ3) is 5.02. The van der Waals surface area contributed by atoms with E-state index in [9.17, 15) is 0 Å². The number of aliphatic hydroxyl groups excluding tert-OH is 1. The predicted octanol–water partition coefficient (Wildman–Crippen LogP) is 2.11. The van der Waals surface area contributed by atoms with Gasteiger partial charge in [0.2, 0.25) is 0 Å². The zero-order valence-corrected chi connectivity index (χ0v) is 11.5. The highest BCUT2D eigenvalue weighted by atomic mass is 16.3. The van der Waals surface area contributed by atoms with Crippen LogP contribution in [0.15, 0.2) is 18.3 Å². The number of rotatable bonds is 9. The van der Waals surface area contributed by atoms with E-state index in [4.69, 9.17) is 5.11 Å². The van der Waals surface area contributed by atoms with Crippen LogP contribution in [0.25, 0.3) is 0 Å². The number of aromatic nitrogens is 1. The second-order valence-electron chi connectivity index (χ2n) is 4.44. The van der Waals surface area contributed by atoms with Gasteiger partial charge in [-0.15, -0.1) is 0 Å². The zero-order valence-electron chi connectivity index (χ0n) is 11.5. The predicted molar refractivity (Wildman–Crippen MR) is 75.7 cm³/mol. The molecule has 0 bridgehead atoms. The first-order valence-corrected chi connectivity index (χ1v) is 6.82. The van der Waals surface area contributed by atoms with Crippen LogP contribution in [0.5, 0.6) is 0 Å². The van der Waals surface area contributed by atoms with E-state index in [1.165, 1.54) is 5.56 Å². The van der Waals surface area contributed by atoms with Crippen LogP contribution < -0.4 is 5.32 Å². The fraction of sp³-hybridized carbons (Fsp3) is 0.643. The van der Waals surface area contributed by atoms with E-state index >= 15 is 0 Å². The standard InChI is InChI=1S/C14H25N3O/c1-3-7-15-14-13(6-5-8-16-14)12-17(9-4-2)10-11-18/h5-6,8,18H,3-4,7,9-12H2,1-2H3,(H,15,16). The molecule has 1 aromatic heterocycles. The van der Waals surface area contributed by atoms with E-state index in [0.717, 1.165) is 44.8 Å². The number of nitrogens with one attached hydrogen (secondary N) is 1. The van der Waals surface area contributed by atoms with Gasteiger partial charge >= 0.3 is 0 Å². The van der Waals surface area contributed by atoms with Gasteiger partial charge in [-0.1, -0.05) is 19.9 Å². The molecule has 0 aromatic carbocycles. The van der Waals surface area contributed by atoms with Crippen molar-refractivity contribution in [2.24, 2.45) is 0 Å². The second kappa shape index (κ2) is 8.89. The summed E-state index contributed by atoms with van der Waals surface area (Å²) in [5.41, 5.74) is 1.20. The highest BCUT2D eigenvalue weighted by Crippen LogP contribution is 2.14. The van der Waals surface area contributed by atoms with Gasteiger partial charge in [0.1, 0.15) is 5.82 Å². The molecule has 18 heavy (non-hydrogen) atoms. The van der Waals surface area contributed by atoms with Crippen molar-refractivity contribution in [3.63, 3.8) is 0 Å². The molecule has 0 amide bonds. The molecule has 4 heteroatoms. The Balaban J connectivity index is 2.67. The van der Waals surface area contributed by atoms with Gasteiger partial charge in [0.25, 0.3) is 0 Å². The maximum absolute atomic E-state index is 9.08. The van der Waals surface area contributed by atoms with E-state index in [1.54, 1.807) is 0 Å². The van der Waals surface area contributed by atoms with Crippen molar-refractivity contribution in [2.45, 2.75) is 33.2 Å². The molecule has 0 unspecified atom stereocenters. The molecule has 2 N–H and O–H groups in total. The number of nitrogens with zero attached hydrogens (tertiary/aromatic N) is 2. The first-order chi connectivity index (χ1) is 8.81. The van der Waals surface area contributed by atoms with Crippen molar-refractivity contribution in [2.75, 3.05) is 31.6 Å². The fourth-order valence-electron chi connectivity index (χ4n) is 1.94. The topological polar surface area (TPSA) is 48.4 Å². The molecule has 0 fully saturated rings. The third-order valence-electron chi connectivity index (χ3n) is 2.78. The molecule has 4 nitrogen and oxygen atoms in total. The lowest BCUT2D eigenvalue weighted by atomic mass is 10.2. The molecule has 0 aliphatic carbocycles. The summed E-state index contributed by atoms with van der Waals surface area (Å²) in [6.07, 6.45) is 4.00. The van der Waals surface area contributed by atoms with Gasteiger partial charge in [0, 0.05) is 31.4 Å². The lowest BCUT2D eigenvalue weighted by molar-refractivity contribution is 0.190. The lowest BCUT2D eigenvalue weighted by Crippen LogP contribution is -2.27. The molecule has 0 saturated heterocycles. The minimum atomic E-state index is 0.206. The van der Waals surface area contributed by atoms with Gasteiger partial charge < -0.3 is 10.4 Å². The Kier molecular flexibility index (Phi) is 7.37. The van der Waals surface area contributed by atoms with E-state index in [2.05, 4.69) is 35.1 Å². The minimum absolute atomic E-state index is 0.206. The van der Waals surface area contributed by atoms with Crippen molar-refractivity contribution in [1.82, 2.24) is 9.88 Å². The summed E-state index contributed by atoms with van der Waals surface area (Å²) in [6, 6.07) is 4.07. The molecule has 0 radical (unpaired) electrons. The van der Waals surface area contributed by atoms with E-state index in [-0.39, 0.29) is 6.61 Å². The van der Waals surface area contributed by atoms with Gasteiger partial charge in [0.05, 0.1) is 6.61 Å². The summed E-state index contributed by atoms with van der Waals surface area (Å²) in [4.78, 5) is 6.65. The average Bonchev–Trinajstić information content (AvgIpc) is 2.38. The summed E-state index contributed by atoms with van der Waals surface area (Å²) >= 11 is 0. The number of aliphatic hydroxyl groups is 1. The molecule has 0 atom stereocenters. The second-order valence-corrected chi connectivity index (χ2v) is 4.44. The number of anilines is 1. The summed E-state index contributed by atoms with van der Waals surface area (Å²) < 4.78 is 0. The molecule has 1 aromatic rings. The van der Waals surface area contributed by atoms with Gasteiger partial charge in [-0.3, -0.25) is 4.90 Å². The Morgan fingerprint density at radius 1 is 1.28 bits per heavy atom. The van der Waals surface area contributed by atoms with E-state index in [1.807, 2.05) is 12.3 Å². The summed E-state index contributed by atoms with van der Waals surface area (Å²) in [5.74, 6) is 0.971. The molecule has 1 rings (SSSR count). The lowest BCUT2D eigenvalue weighted by Gasteiger charge is -2.21. The largest absolute Gasteiger partial charge is 0.395 e. The SMILES string of the molecule is CCCNc1ncccc1CN(CCC)CCO. The van der Waals surface area contributed by atoms with Crippen LogP contribution in [-0.2, 0) is 6.54 Å². The highest BCUT2D eigenvalue weighted by molar-refractivity contribution is 5.43. The first-order valence-electron chi connectivity index (χ1n) is 6.82. The minimum Gasteiger partial charge on any atom is -0.395 e. The van der Waals surface area contributed by atoms with Crippen LogP contribution in [0.1, 0.15) is 32.3 Å². The molecular formula is C14H25N3O. The van der Waals surface area contributed by atoms with Crippen molar-refractivity contribution >= 4 is 5.82 Å². The Hall–Kier alpha value is -1.13. The monoisotopic (exact) mass is 251 g/mol. The first kappa shape index (κ1) is 14.9. The van der Waals surface area contributed by atoms with Gasteiger partial charge in [-0.05, 0) is 25.5 Å². The van der Waals surface area contributed by atoms with E-state index in [0.29, 0.717) is 0 Å². The fourth-order valence-corrected chi connectivity index (χ4v) is 1.94. The maximum atomic E-state index is 9.08. The average molecular weight is 251 g/mol. The van der Waals surface area contributed by atoms with Gasteiger partial charge in [0.15, 0.2) is 0 Å². The zero-order chi connectivity index (χ0) is 13.2. The number of hydrogen-bond donors (Lipinski definition) is 2. The Bertz CT molecular complexity index is 325. The molecule has 0 aliphatic rings. The molecule has 0 spiro atoms. The van der Waals surface area contributed by atoms with Gasteiger partial charge in [-0.2, -0.15) is 0 Å². The van der Waals surface area contributed by atoms with Crippen LogP contribution in [0, 0.1) is 0 Å². The Morgan fingerprint density at radius 2 is 2.11 bits per heavy atom. The number of hydrogen-bond acceptors (Lipinski definition) is 4. The van der Waals surface area contributed by atoms with Crippen LogP contribution in [0.3, 0.4) is 0 Å². The Labute approximate surface area is 110 Å². The molecule has 1 heterocycles. The van der Waals surface area contributed by atoms with E-state index < -0.39 is 0 Å². The molecular weight excluding hydrogens is 226 g/mol. The molecule has 0 aliphatic heterocycles. The third-order valence-corrected chi connectivity index (χ3v) is 2.78. The molecule has 102 valence electrons. The van der Waals surface area contributed by atoms with Crippen molar-refractivity contribution in [1.29, 1.82) is 0 Å². The van der Waals surface area contributed by atoms with Crippen LogP contribution in [0.4, 0.5) is 5.82 Å². The van der Waals surface area contributed by atoms with Gasteiger partial charge in [-0.25, -0.2) is 4.98 Å². The van der Waals surface area contributed by atoms with Crippen LogP contribution in [0.2, 0.25) is 0 Å². The van der Waals surface area contributed by atoms with Crippen LogP contribution >= 0.6 is 0 Å². The summed E-state index contributed by atoms with van der Waals surface area (Å²) in [7, 11) is 0. The normalized spacial score (nSPS) is 10.9.